The van der Waals surface area contributed by atoms with Gasteiger partial charge in [0.05, 0.1) is 24.7 Å². The van der Waals surface area contributed by atoms with Crippen LogP contribution in [0.15, 0.2) is 53.4 Å². The van der Waals surface area contributed by atoms with E-state index in [1.54, 1.807) is 0 Å². The van der Waals surface area contributed by atoms with Crippen molar-refractivity contribution in [3.8, 4) is 5.75 Å². The van der Waals surface area contributed by atoms with Crippen molar-refractivity contribution in [1.29, 1.82) is 0 Å². The molecule has 0 bridgehead atoms. The molecule has 0 atom stereocenters. The second kappa shape index (κ2) is 9.80. The van der Waals surface area contributed by atoms with Crippen molar-refractivity contribution in [2.75, 3.05) is 39.5 Å². The van der Waals surface area contributed by atoms with E-state index in [2.05, 4.69) is 26.1 Å². The molecule has 0 aromatic heterocycles. The first-order valence-corrected chi connectivity index (χ1v) is 11.8. The van der Waals surface area contributed by atoms with Gasteiger partial charge in [-0.1, -0.05) is 32.9 Å². The number of ether oxygens (including phenoxy) is 2. The van der Waals surface area contributed by atoms with E-state index in [1.807, 2.05) is 24.3 Å². The molecule has 1 aliphatic heterocycles. The Kier molecular flexibility index (Phi) is 7.35. The number of nitrogens with one attached hydrogen (secondary N) is 1. The van der Waals surface area contributed by atoms with Crippen LogP contribution in [-0.2, 0) is 20.2 Å². The molecule has 8 heteroatoms. The lowest BCUT2D eigenvalue weighted by atomic mass is 9.87. The average molecular weight is 447 g/mol. The number of rotatable bonds is 7. The van der Waals surface area contributed by atoms with Crippen LogP contribution >= 0.6 is 0 Å². The second-order valence-corrected chi connectivity index (χ2v) is 10.4. The molecular weight excluding hydrogens is 416 g/mol. The minimum atomic E-state index is -3.57. The zero-order chi connectivity index (χ0) is 22.5. The highest BCUT2D eigenvalue weighted by atomic mass is 32.2. The van der Waals surface area contributed by atoms with Gasteiger partial charge in [-0.25, -0.2) is 8.42 Å². The third-order valence-electron chi connectivity index (χ3n) is 5.10. The Hall–Kier alpha value is -2.42. The second-order valence-electron chi connectivity index (χ2n) is 8.42. The number of amides is 1. The van der Waals surface area contributed by atoms with Crippen LogP contribution in [-0.4, -0.2) is 58.1 Å². The maximum Gasteiger partial charge on any atom is 0.251 e. The Labute approximate surface area is 184 Å². The summed E-state index contributed by atoms with van der Waals surface area (Å²) in [6.07, 6.45) is 0. The fourth-order valence-corrected chi connectivity index (χ4v) is 4.61. The van der Waals surface area contributed by atoms with Crippen LogP contribution < -0.4 is 10.1 Å². The molecule has 0 radical (unpaired) electrons. The molecule has 168 valence electrons. The molecule has 1 fully saturated rings. The molecule has 3 rings (SSSR count). The van der Waals surface area contributed by atoms with Gasteiger partial charge in [-0.2, -0.15) is 4.31 Å². The topological polar surface area (TPSA) is 84.9 Å². The summed E-state index contributed by atoms with van der Waals surface area (Å²) in [5.74, 6) is 0.474. The molecule has 2 aromatic carbocycles. The third-order valence-corrected chi connectivity index (χ3v) is 7.01. The number of morpholine rings is 1. The predicted molar refractivity (Wildman–Crippen MR) is 119 cm³/mol. The SMILES string of the molecule is CC(C)(C)c1ccc(OCCNC(=O)c2ccc(S(=O)(=O)N3CCOCC3)cc2)cc1. The van der Waals surface area contributed by atoms with Crippen LogP contribution in [0.4, 0.5) is 0 Å². The van der Waals surface area contributed by atoms with E-state index >= 15 is 0 Å². The van der Waals surface area contributed by atoms with E-state index in [9.17, 15) is 13.2 Å². The summed E-state index contributed by atoms with van der Waals surface area (Å²) in [5.41, 5.74) is 1.71. The number of hydrogen-bond acceptors (Lipinski definition) is 5. The first-order valence-electron chi connectivity index (χ1n) is 10.4. The van der Waals surface area contributed by atoms with Crippen LogP contribution in [0.1, 0.15) is 36.7 Å². The van der Waals surface area contributed by atoms with E-state index in [4.69, 9.17) is 9.47 Å². The van der Waals surface area contributed by atoms with Gasteiger partial charge in [0, 0.05) is 18.7 Å². The van der Waals surface area contributed by atoms with Crippen molar-refractivity contribution < 1.29 is 22.7 Å². The van der Waals surface area contributed by atoms with Gasteiger partial charge < -0.3 is 14.8 Å². The maximum absolute atomic E-state index is 12.6. The fraction of sp³-hybridized carbons (Fsp3) is 0.435. The van der Waals surface area contributed by atoms with Crippen molar-refractivity contribution in [3.63, 3.8) is 0 Å². The number of sulfonamides is 1. The Balaban J connectivity index is 1.48. The molecule has 1 saturated heterocycles. The van der Waals surface area contributed by atoms with Crippen molar-refractivity contribution in [2.45, 2.75) is 31.1 Å². The predicted octanol–water partition coefficient (Wildman–Crippen LogP) is 2.81. The molecule has 1 heterocycles. The summed E-state index contributed by atoms with van der Waals surface area (Å²) < 4.78 is 37.6. The van der Waals surface area contributed by atoms with E-state index < -0.39 is 10.0 Å². The lowest BCUT2D eigenvalue weighted by Gasteiger charge is -2.26. The summed E-state index contributed by atoms with van der Waals surface area (Å²) in [7, 11) is -3.57. The highest BCUT2D eigenvalue weighted by Gasteiger charge is 2.26. The van der Waals surface area contributed by atoms with Crippen LogP contribution in [0.25, 0.3) is 0 Å². The van der Waals surface area contributed by atoms with Crippen LogP contribution in [0.3, 0.4) is 0 Å². The number of carbonyl (C=O) groups excluding carboxylic acids is 1. The highest BCUT2D eigenvalue weighted by molar-refractivity contribution is 7.89. The van der Waals surface area contributed by atoms with Gasteiger partial charge in [0.25, 0.3) is 5.91 Å². The summed E-state index contributed by atoms with van der Waals surface area (Å²) in [5, 5.41) is 2.79. The van der Waals surface area contributed by atoms with E-state index in [-0.39, 0.29) is 16.2 Å². The molecule has 1 aliphatic rings. The van der Waals surface area contributed by atoms with Crippen molar-refractivity contribution >= 4 is 15.9 Å². The van der Waals surface area contributed by atoms with Crippen molar-refractivity contribution in [2.24, 2.45) is 0 Å². The van der Waals surface area contributed by atoms with E-state index in [0.29, 0.717) is 45.0 Å². The van der Waals surface area contributed by atoms with Crippen LogP contribution in [0.2, 0.25) is 0 Å². The van der Waals surface area contributed by atoms with Crippen LogP contribution in [0.5, 0.6) is 5.75 Å². The van der Waals surface area contributed by atoms with Gasteiger partial charge in [-0.3, -0.25) is 4.79 Å². The molecule has 2 aromatic rings. The molecular formula is C23H30N2O5S. The molecule has 1 N–H and O–H groups in total. The zero-order valence-electron chi connectivity index (χ0n) is 18.3. The molecule has 1 amide bonds. The van der Waals surface area contributed by atoms with Gasteiger partial charge in [-0.05, 0) is 47.4 Å². The third kappa shape index (κ3) is 6.06. The van der Waals surface area contributed by atoms with Gasteiger partial charge in [0.1, 0.15) is 12.4 Å². The quantitative estimate of drug-likeness (QED) is 0.661. The highest BCUT2D eigenvalue weighted by Crippen LogP contribution is 2.24. The maximum atomic E-state index is 12.6. The van der Waals surface area contributed by atoms with Crippen molar-refractivity contribution in [1.82, 2.24) is 9.62 Å². The molecule has 0 spiro atoms. The fourth-order valence-electron chi connectivity index (χ4n) is 3.20. The summed E-state index contributed by atoms with van der Waals surface area (Å²) >= 11 is 0. The first kappa shape index (κ1) is 23.2. The largest absolute Gasteiger partial charge is 0.492 e. The standard InChI is InChI=1S/C23H30N2O5S/c1-23(2,3)19-6-8-20(9-7-19)30-15-12-24-22(26)18-4-10-21(11-5-18)31(27,28)25-13-16-29-17-14-25/h4-11H,12-17H2,1-3H3,(H,24,26). The number of hydrogen-bond donors (Lipinski definition) is 1. The van der Waals surface area contributed by atoms with Crippen LogP contribution in [0, 0.1) is 0 Å². The normalized spacial score (nSPS) is 15.5. The van der Waals surface area contributed by atoms with E-state index in [1.165, 1.54) is 34.1 Å². The zero-order valence-corrected chi connectivity index (χ0v) is 19.1. The summed E-state index contributed by atoms with van der Waals surface area (Å²) in [6.45, 7) is 8.60. The lowest BCUT2D eigenvalue weighted by Crippen LogP contribution is -2.40. The Morgan fingerprint density at radius 3 is 2.23 bits per heavy atom. The van der Waals surface area contributed by atoms with Gasteiger partial charge in [-0.15, -0.1) is 0 Å². The number of benzene rings is 2. The number of nitrogens with zero attached hydrogens (tertiary/aromatic N) is 1. The van der Waals surface area contributed by atoms with Gasteiger partial charge in [0.2, 0.25) is 10.0 Å². The molecule has 7 nitrogen and oxygen atoms in total. The average Bonchev–Trinajstić information content (AvgIpc) is 2.77. The molecule has 0 unspecified atom stereocenters. The summed E-state index contributed by atoms with van der Waals surface area (Å²) in [4.78, 5) is 12.5. The minimum absolute atomic E-state index is 0.0869. The first-order chi connectivity index (χ1) is 14.7. The Morgan fingerprint density at radius 2 is 1.65 bits per heavy atom. The number of carbonyl (C=O) groups is 1. The lowest BCUT2D eigenvalue weighted by molar-refractivity contribution is 0.0730. The minimum Gasteiger partial charge on any atom is -0.492 e. The smallest absolute Gasteiger partial charge is 0.251 e. The van der Waals surface area contributed by atoms with Gasteiger partial charge >= 0.3 is 0 Å². The Morgan fingerprint density at radius 1 is 1.03 bits per heavy atom. The van der Waals surface area contributed by atoms with Crippen molar-refractivity contribution in [3.05, 3.63) is 59.7 Å². The molecule has 31 heavy (non-hydrogen) atoms. The van der Waals surface area contributed by atoms with E-state index in [0.717, 1.165) is 5.75 Å². The van der Waals surface area contributed by atoms with Gasteiger partial charge in [0.15, 0.2) is 0 Å². The molecule has 0 saturated carbocycles. The summed E-state index contributed by atoms with van der Waals surface area (Å²) in [6, 6.07) is 13.9. The molecule has 0 aliphatic carbocycles. The monoisotopic (exact) mass is 446 g/mol. The Bertz CT molecular complexity index is 974.